The van der Waals surface area contributed by atoms with Crippen LogP contribution < -0.4 is 15.0 Å². The number of carbonyl (C=O) groups is 2. The van der Waals surface area contributed by atoms with E-state index in [1.165, 1.54) is 13.2 Å². The molecule has 1 N–H and O–H groups in total. The van der Waals surface area contributed by atoms with E-state index in [0.29, 0.717) is 37.8 Å². The van der Waals surface area contributed by atoms with Gasteiger partial charge in [-0.15, -0.1) is 0 Å². The highest BCUT2D eigenvalue weighted by molar-refractivity contribution is 5.94. The van der Waals surface area contributed by atoms with Gasteiger partial charge in [-0.25, -0.2) is 4.98 Å². The zero-order valence-electron chi connectivity index (χ0n) is 20.2. The van der Waals surface area contributed by atoms with Gasteiger partial charge in [-0.05, 0) is 43.2 Å². The number of rotatable bonds is 9. The molecule has 1 aliphatic heterocycles. The van der Waals surface area contributed by atoms with Crippen LogP contribution in [0.4, 0.5) is 37.8 Å². The van der Waals surface area contributed by atoms with Gasteiger partial charge in [0.2, 0.25) is 0 Å². The minimum Gasteiger partial charge on any atom is -0.489 e. The molecule has 0 radical (unpaired) electrons. The highest BCUT2D eigenvalue weighted by atomic mass is 19.4. The summed E-state index contributed by atoms with van der Waals surface area (Å²) in [5, 5.41) is 2.27. The van der Waals surface area contributed by atoms with Crippen LogP contribution >= 0.6 is 0 Å². The van der Waals surface area contributed by atoms with E-state index in [-0.39, 0.29) is 24.7 Å². The molecular weight excluding hydrogens is 524 g/mol. The largest absolute Gasteiger partial charge is 0.489 e. The van der Waals surface area contributed by atoms with Gasteiger partial charge in [-0.3, -0.25) is 9.59 Å². The van der Waals surface area contributed by atoms with E-state index in [4.69, 9.17) is 14.2 Å². The summed E-state index contributed by atoms with van der Waals surface area (Å²) in [5.41, 5.74) is -2.11. The first-order valence-corrected chi connectivity index (χ1v) is 11.5. The molecule has 208 valence electrons. The number of esters is 1. The zero-order chi connectivity index (χ0) is 27.9. The third kappa shape index (κ3) is 7.97. The number of ether oxygens (including phenoxy) is 3. The van der Waals surface area contributed by atoms with Crippen LogP contribution in [0.25, 0.3) is 0 Å². The van der Waals surface area contributed by atoms with E-state index >= 15 is 0 Å². The van der Waals surface area contributed by atoms with Crippen molar-refractivity contribution in [3.8, 4) is 5.75 Å². The first-order chi connectivity index (χ1) is 17.9. The van der Waals surface area contributed by atoms with E-state index in [0.717, 1.165) is 24.4 Å². The fourth-order valence-corrected chi connectivity index (χ4v) is 3.69. The molecule has 0 spiro atoms. The molecule has 1 aliphatic rings. The molecule has 2 heterocycles. The van der Waals surface area contributed by atoms with Crippen molar-refractivity contribution in [3.63, 3.8) is 0 Å². The number of alkyl halides is 6. The van der Waals surface area contributed by atoms with E-state index in [1.807, 2.05) is 0 Å². The van der Waals surface area contributed by atoms with Crippen LogP contribution in [0.1, 0.15) is 24.0 Å². The van der Waals surface area contributed by atoms with Crippen molar-refractivity contribution in [2.75, 3.05) is 50.2 Å². The lowest BCUT2D eigenvalue weighted by molar-refractivity contribution is -0.152. The average molecular weight is 549 g/mol. The fraction of sp³-hybridized carbons (Fsp3) is 0.458. The minimum absolute atomic E-state index is 0.0148. The number of carbonyl (C=O) groups excluding carboxylic acids is 2. The lowest BCUT2D eigenvalue weighted by Crippen LogP contribution is -2.38. The summed E-state index contributed by atoms with van der Waals surface area (Å²) in [6.07, 6.45) is -7.77. The van der Waals surface area contributed by atoms with Crippen molar-refractivity contribution in [3.05, 3.63) is 47.7 Å². The number of hydrogen-bond acceptors (Lipinski definition) is 7. The van der Waals surface area contributed by atoms with Gasteiger partial charge in [0.15, 0.2) is 6.61 Å². The lowest BCUT2D eigenvalue weighted by atomic mass is 9.97. The van der Waals surface area contributed by atoms with Crippen molar-refractivity contribution in [1.82, 2.24) is 4.98 Å². The van der Waals surface area contributed by atoms with Crippen molar-refractivity contribution in [2.45, 2.75) is 25.2 Å². The molecule has 1 saturated heterocycles. The number of benzene rings is 1. The standard InChI is InChI=1S/C24H25F6N3O5/c1-36-10-11-37-19-4-2-16(23(25,26)27)12-18(19)32-21(34)14-38-22(35)15-6-8-33(9-7-15)20-5-3-17(13-31-20)24(28,29)30/h2-5,12-13,15H,6-11,14H2,1H3,(H,32,34). The van der Waals surface area contributed by atoms with Gasteiger partial charge in [0.1, 0.15) is 18.2 Å². The fourth-order valence-electron chi connectivity index (χ4n) is 3.69. The van der Waals surface area contributed by atoms with Gasteiger partial charge in [0, 0.05) is 26.4 Å². The van der Waals surface area contributed by atoms with Crippen molar-refractivity contribution in [1.29, 1.82) is 0 Å². The second-order valence-corrected chi connectivity index (χ2v) is 8.37. The molecule has 1 fully saturated rings. The number of pyridine rings is 1. The summed E-state index contributed by atoms with van der Waals surface area (Å²) in [4.78, 5) is 30.3. The Hall–Kier alpha value is -3.55. The summed E-state index contributed by atoms with van der Waals surface area (Å²) in [6.45, 7) is 0.126. The monoisotopic (exact) mass is 549 g/mol. The first-order valence-electron chi connectivity index (χ1n) is 11.5. The highest BCUT2D eigenvalue weighted by Gasteiger charge is 2.33. The molecule has 14 heteroatoms. The maximum absolute atomic E-state index is 13.1. The zero-order valence-corrected chi connectivity index (χ0v) is 20.2. The first kappa shape index (κ1) is 29.0. The second kappa shape index (κ2) is 12.3. The maximum atomic E-state index is 13.1. The second-order valence-electron chi connectivity index (χ2n) is 8.37. The summed E-state index contributed by atoms with van der Waals surface area (Å²) in [7, 11) is 1.42. The van der Waals surface area contributed by atoms with Crippen molar-refractivity contribution in [2.24, 2.45) is 5.92 Å². The molecule has 3 rings (SSSR count). The van der Waals surface area contributed by atoms with Crippen LogP contribution in [0.15, 0.2) is 36.5 Å². The maximum Gasteiger partial charge on any atom is 0.417 e. The van der Waals surface area contributed by atoms with Crippen LogP contribution in [0.2, 0.25) is 0 Å². The predicted molar refractivity (Wildman–Crippen MR) is 123 cm³/mol. The van der Waals surface area contributed by atoms with E-state index in [1.54, 1.807) is 4.90 Å². The van der Waals surface area contributed by atoms with Crippen LogP contribution in [-0.2, 0) is 31.4 Å². The Labute approximate surface area is 213 Å². The molecule has 0 bridgehead atoms. The number of halogens is 6. The van der Waals surface area contributed by atoms with Gasteiger partial charge in [-0.1, -0.05) is 0 Å². The average Bonchev–Trinajstić information content (AvgIpc) is 2.87. The minimum atomic E-state index is -4.65. The molecule has 0 atom stereocenters. The summed E-state index contributed by atoms with van der Waals surface area (Å²) in [6, 6.07) is 4.78. The molecule has 0 unspecified atom stereocenters. The van der Waals surface area contributed by atoms with Gasteiger partial charge in [-0.2, -0.15) is 26.3 Å². The number of aromatic nitrogens is 1. The van der Waals surface area contributed by atoms with Crippen LogP contribution in [0.5, 0.6) is 5.75 Å². The van der Waals surface area contributed by atoms with Crippen LogP contribution in [-0.4, -0.2) is 56.9 Å². The van der Waals surface area contributed by atoms with Crippen LogP contribution in [0, 0.1) is 5.92 Å². The molecule has 1 aromatic heterocycles. The Morgan fingerprint density at radius 2 is 1.66 bits per heavy atom. The highest BCUT2D eigenvalue weighted by Crippen LogP contribution is 2.35. The smallest absolute Gasteiger partial charge is 0.417 e. The molecule has 0 aliphatic carbocycles. The Kier molecular flexibility index (Phi) is 9.41. The van der Waals surface area contributed by atoms with Gasteiger partial charge < -0.3 is 24.4 Å². The number of amides is 1. The lowest BCUT2D eigenvalue weighted by Gasteiger charge is -2.31. The normalized spacial score (nSPS) is 14.8. The number of anilines is 2. The van der Waals surface area contributed by atoms with Crippen molar-refractivity contribution < 1.29 is 50.1 Å². The quantitative estimate of drug-likeness (QED) is 0.279. The molecule has 1 aromatic carbocycles. The molecular formula is C24H25F6N3O5. The van der Waals surface area contributed by atoms with Gasteiger partial charge in [0.05, 0.1) is 29.3 Å². The third-order valence-electron chi connectivity index (χ3n) is 5.70. The predicted octanol–water partition coefficient (Wildman–Crippen LogP) is 4.54. The van der Waals surface area contributed by atoms with Gasteiger partial charge in [0.25, 0.3) is 5.91 Å². The Bertz CT molecular complexity index is 1100. The molecule has 2 aromatic rings. The Morgan fingerprint density at radius 1 is 1.00 bits per heavy atom. The van der Waals surface area contributed by atoms with E-state index in [9.17, 15) is 35.9 Å². The third-order valence-corrected chi connectivity index (χ3v) is 5.70. The topological polar surface area (TPSA) is 90.0 Å². The summed E-state index contributed by atoms with van der Waals surface area (Å²) >= 11 is 0. The number of hydrogen-bond donors (Lipinski definition) is 1. The molecule has 8 nitrogen and oxygen atoms in total. The SMILES string of the molecule is COCCOc1ccc(C(F)(F)F)cc1NC(=O)COC(=O)C1CCN(c2ccc(C(F)(F)F)cn2)CC1. The van der Waals surface area contributed by atoms with Crippen molar-refractivity contribution >= 4 is 23.4 Å². The Morgan fingerprint density at radius 3 is 2.24 bits per heavy atom. The van der Waals surface area contributed by atoms with E-state index in [2.05, 4.69) is 10.3 Å². The van der Waals surface area contributed by atoms with E-state index < -0.39 is 47.9 Å². The number of methoxy groups -OCH3 is 1. The molecule has 1 amide bonds. The van der Waals surface area contributed by atoms with Crippen LogP contribution in [0.3, 0.4) is 0 Å². The number of nitrogens with one attached hydrogen (secondary N) is 1. The summed E-state index contributed by atoms with van der Waals surface area (Å²) < 4.78 is 92.7. The summed E-state index contributed by atoms with van der Waals surface area (Å²) in [5.74, 6) is -1.76. The molecule has 0 saturated carbocycles. The Balaban J connectivity index is 1.52. The van der Waals surface area contributed by atoms with Gasteiger partial charge >= 0.3 is 18.3 Å². The number of piperidine rings is 1. The number of nitrogens with zero attached hydrogens (tertiary/aromatic N) is 2. The molecule has 38 heavy (non-hydrogen) atoms.